The molecule has 0 radical (unpaired) electrons. The van der Waals surface area contributed by atoms with E-state index in [1.54, 1.807) is 24.4 Å². The summed E-state index contributed by atoms with van der Waals surface area (Å²) in [5.74, 6) is -1.15. The molecule has 4 rings (SSSR count). The van der Waals surface area contributed by atoms with Crippen molar-refractivity contribution in [2.75, 3.05) is 5.32 Å². The van der Waals surface area contributed by atoms with Crippen molar-refractivity contribution in [3.63, 3.8) is 0 Å². The van der Waals surface area contributed by atoms with Crippen molar-refractivity contribution in [2.24, 2.45) is 0 Å². The number of carbonyl (C=O) groups is 1. The third-order valence-corrected chi connectivity index (χ3v) is 4.88. The maximum Gasteiger partial charge on any atom is 0.266 e. The van der Waals surface area contributed by atoms with E-state index in [0.29, 0.717) is 15.9 Å². The standard InChI is InChI=1S/C17H9ClFN3O2S/c18-9-4-5-12(11(19)7-9)20-15(23)13-8-10-16(25-13)21-14-3-1-2-6-22(14)17(10)24/h1-8H,(H,20,23). The molecule has 0 aliphatic heterocycles. The number of anilines is 1. The van der Waals surface area contributed by atoms with Gasteiger partial charge in [-0.3, -0.25) is 14.0 Å². The first kappa shape index (κ1) is 15.7. The number of pyridine rings is 1. The normalized spacial score (nSPS) is 11.1. The van der Waals surface area contributed by atoms with Gasteiger partial charge in [0.15, 0.2) is 0 Å². The van der Waals surface area contributed by atoms with Gasteiger partial charge in [-0.1, -0.05) is 17.7 Å². The Labute approximate surface area is 149 Å². The van der Waals surface area contributed by atoms with Gasteiger partial charge in [-0.15, -0.1) is 11.3 Å². The van der Waals surface area contributed by atoms with Gasteiger partial charge in [0.1, 0.15) is 16.3 Å². The Morgan fingerprint density at radius 2 is 2.08 bits per heavy atom. The number of hydrogen-bond donors (Lipinski definition) is 1. The number of amides is 1. The van der Waals surface area contributed by atoms with E-state index in [4.69, 9.17) is 11.6 Å². The second kappa shape index (κ2) is 5.94. The molecule has 124 valence electrons. The molecule has 0 aliphatic carbocycles. The summed E-state index contributed by atoms with van der Waals surface area (Å²) in [6.45, 7) is 0. The van der Waals surface area contributed by atoms with Crippen molar-refractivity contribution >= 4 is 50.4 Å². The largest absolute Gasteiger partial charge is 0.319 e. The van der Waals surface area contributed by atoms with E-state index >= 15 is 0 Å². The van der Waals surface area contributed by atoms with Crippen LogP contribution in [0, 0.1) is 5.82 Å². The van der Waals surface area contributed by atoms with Crippen molar-refractivity contribution in [1.29, 1.82) is 0 Å². The summed E-state index contributed by atoms with van der Waals surface area (Å²) >= 11 is 6.77. The average molecular weight is 374 g/mol. The number of nitrogens with one attached hydrogen (secondary N) is 1. The number of thiophene rings is 1. The number of nitrogens with zero attached hydrogens (tertiary/aromatic N) is 2. The van der Waals surface area contributed by atoms with E-state index in [-0.39, 0.29) is 21.1 Å². The average Bonchev–Trinajstić information content (AvgIpc) is 3.02. The zero-order valence-electron chi connectivity index (χ0n) is 12.5. The van der Waals surface area contributed by atoms with Gasteiger partial charge >= 0.3 is 0 Å². The maximum atomic E-state index is 13.8. The monoisotopic (exact) mass is 373 g/mol. The van der Waals surface area contributed by atoms with Gasteiger partial charge in [-0.25, -0.2) is 9.37 Å². The minimum absolute atomic E-state index is 0.0155. The highest BCUT2D eigenvalue weighted by Gasteiger charge is 2.16. The van der Waals surface area contributed by atoms with Gasteiger partial charge < -0.3 is 5.32 Å². The van der Waals surface area contributed by atoms with Gasteiger partial charge in [-0.05, 0) is 36.4 Å². The summed E-state index contributed by atoms with van der Waals surface area (Å²) in [6, 6.07) is 10.7. The van der Waals surface area contributed by atoms with E-state index < -0.39 is 11.7 Å². The van der Waals surface area contributed by atoms with Crippen LogP contribution in [-0.4, -0.2) is 15.3 Å². The van der Waals surface area contributed by atoms with Crippen LogP contribution < -0.4 is 10.9 Å². The van der Waals surface area contributed by atoms with Crippen LogP contribution in [0.25, 0.3) is 15.9 Å². The second-order valence-corrected chi connectivity index (χ2v) is 6.72. The fraction of sp³-hybridized carbons (Fsp3) is 0. The molecular weight excluding hydrogens is 365 g/mol. The van der Waals surface area contributed by atoms with Crippen molar-refractivity contribution < 1.29 is 9.18 Å². The van der Waals surface area contributed by atoms with Crippen LogP contribution in [0.5, 0.6) is 0 Å². The molecule has 1 amide bonds. The molecule has 0 fully saturated rings. The quantitative estimate of drug-likeness (QED) is 0.578. The molecule has 25 heavy (non-hydrogen) atoms. The Morgan fingerprint density at radius 1 is 1.24 bits per heavy atom. The number of halogens is 2. The van der Waals surface area contributed by atoms with E-state index in [9.17, 15) is 14.0 Å². The Kier molecular flexibility index (Phi) is 3.74. The predicted molar refractivity (Wildman–Crippen MR) is 96.2 cm³/mol. The van der Waals surface area contributed by atoms with Crippen LogP contribution in [0.2, 0.25) is 5.02 Å². The highest BCUT2D eigenvalue weighted by Crippen LogP contribution is 2.24. The fourth-order valence-corrected chi connectivity index (χ4v) is 3.52. The van der Waals surface area contributed by atoms with Crippen LogP contribution in [0.15, 0.2) is 53.5 Å². The third-order valence-electron chi connectivity index (χ3n) is 3.62. The molecule has 1 N–H and O–H groups in total. The lowest BCUT2D eigenvalue weighted by Crippen LogP contribution is -2.14. The van der Waals surface area contributed by atoms with Gasteiger partial charge in [0, 0.05) is 11.2 Å². The van der Waals surface area contributed by atoms with Gasteiger partial charge in [0.25, 0.3) is 11.5 Å². The van der Waals surface area contributed by atoms with Crippen molar-refractivity contribution in [2.45, 2.75) is 0 Å². The zero-order valence-corrected chi connectivity index (χ0v) is 14.1. The molecule has 0 aliphatic rings. The molecule has 3 aromatic heterocycles. The van der Waals surface area contributed by atoms with Crippen LogP contribution in [0.4, 0.5) is 10.1 Å². The number of benzene rings is 1. The molecule has 0 spiro atoms. The Balaban J connectivity index is 1.76. The lowest BCUT2D eigenvalue weighted by atomic mass is 10.3. The number of fused-ring (bicyclic) bond motifs is 2. The minimum atomic E-state index is -0.633. The zero-order chi connectivity index (χ0) is 17.6. The highest BCUT2D eigenvalue weighted by atomic mass is 35.5. The maximum absolute atomic E-state index is 13.8. The van der Waals surface area contributed by atoms with Crippen LogP contribution in [-0.2, 0) is 0 Å². The topological polar surface area (TPSA) is 63.5 Å². The van der Waals surface area contributed by atoms with Gasteiger partial charge in [-0.2, -0.15) is 0 Å². The van der Waals surface area contributed by atoms with Crippen molar-refractivity contribution in [3.8, 4) is 0 Å². The lowest BCUT2D eigenvalue weighted by molar-refractivity contribution is 0.103. The first-order valence-electron chi connectivity index (χ1n) is 7.20. The molecule has 0 saturated heterocycles. The number of carbonyl (C=O) groups excluding carboxylic acids is 1. The summed E-state index contributed by atoms with van der Waals surface area (Å²) in [5.41, 5.74) is 0.257. The van der Waals surface area contributed by atoms with Crippen molar-refractivity contribution in [3.05, 3.63) is 74.7 Å². The molecule has 0 bridgehead atoms. The fourth-order valence-electron chi connectivity index (χ4n) is 2.44. The van der Waals surface area contributed by atoms with Crippen molar-refractivity contribution in [1.82, 2.24) is 9.38 Å². The summed E-state index contributed by atoms with van der Waals surface area (Å²) in [7, 11) is 0. The summed E-state index contributed by atoms with van der Waals surface area (Å²) in [4.78, 5) is 30.0. The minimum Gasteiger partial charge on any atom is -0.319 e. The van der Waals surface area contributed by atoms with Gasteiger partial charge in [0.05, 0.1) is 16.0 Å². The van der Waals surface area contributed by atoms with Crippen LogP contribution >= 0.6 is 22.9 Å². The molecule has 0 unspecified atom stereocenters. The van der Waals surface area contributed by atoms with E-state index in [0.717, 1.165) is 17.4 Å². The van der Waals surface area contributed by atoms with E-state index in [1.165, 1.54) is 22.6 Å². The lowest BCUT2D eigenvalue weighted by Gasteiger charge is -2.04. The predicted octanol–water partition coefficient (Wildman–Crippen LogP) is 3.95. The molecule has 0 saturated carbocycles. The van der Waals surface area contributed by atoms with Gasteiger partial charge in [0.2, 0.25) is 0 Å². The number of rotatable bonds is 2. The smallest absolute Gasteiger partial charge is 0.266 e. The molecule has 8 heteroatoms. The Bertz CT molecular complexity index is 1200. The third kappa shape index (κ3) is 2.77. The second-order valence-electron chi connectivity index (χ2n) is 5.25. The molecule has 1 aromatic carbocycles. The molecule has 3 heterocycles. The summed E-state index contributed by atoms with van der Waals surface area (Å²) in [5, 5.41) is 3.06. The Morgan fingerprint density at radius 3 is 2.88 bits per heavy atom. The number of aromatic nitrogens is 2. The first-order chi connectivity index (χ1) is 12.0. The van der Waals surface area contributed by atoms with E-state index in [1.807, 2.05) is 0 Å². The van der Waals surface area contributed by atoms with E-state index in [2.05, 4.69) is 10.3 Å². The molecule has 4 aromatic rings. The number of hydrogen-bond acceptors (Lipinski definition) is 4. The Hall–Kier alpha value is -2.77. The first-order valence-corrected chi connectivity index (χ1v) is 8.40. The van der Waals surface area contributed by atoms with Crippen LogP contribution in [0.1, 0.15) is 9.67 Å². The molecule has 5 nitrogen and oxygen atoms in total. The molecular formula is C17H9ClFN3O2S. The molecule has 0 atom stereocenters. The SMILES string of the molecule is O=C(Nc1ccc(Cl)cc1F)c1cc2c(=O)n3ccccc3nc2s1. The summed E-state index contributed by atoms with van der Waals surface area (Å²) < 4.78 is 15.2. The van der Waals surface area contributed by atoms with Crippen LogP contribution in [0.3, 0.4) is 0 Å². The highest BCUT2D eigenvalue weighted by molar-refractivity contribution is 7.20. The summed E-state index contributed by atoms with van der Waals surface area (Å²) in [6.07, 6.45) is 1.62.